The van der Waals surface area contributed by atoms with Gasteiger partial charge in [0, 0.05) is 24.4 Å². The largest absolute Gasteiger partial charge is 0.480 e. The second-order valence-electron chi connectivity index (χ2n) is 8.37. The van der Waals surface area contributed by atoms with Crippen LogP contribution in [0.1, 0.15) is 54.4 Å². The fourth-order valence-corrected chi connectivity index (χ4v) is 2.93. The molecule has 0 bridgehead atoms. The van der Waals surface area contributed by atoms with Gasteiger partial charge in [-0.2, -0.15) is 12.6 Å². The third-order valence-corrected chi connectivity index (χ3v) is 5.32. The van der Waals surface area contributed by atoms with Crippen molar-refractivity contribution in [3.8, 4) is 0 Å². The third kappa shape index (κ3) is 10.6. The number of carbonyl (C=O) groups excluding carboxylic acids is 1. The van der Waals surface area contributed by atoms with E-state index in [1.165, 1.54) is 0 Å². The van der Waals surface area contributed by atoms with Gasteiger partial charge >= 0.3 is 5.97 Å². The number of aliphatic carboxylic acids is 1. The maximum atomic E-state index is 12.7. The Balaban J connectivity index is 4.99. The van der Waals surface area contributed by atoms with E-state index in [0.29, 0.717) is 31.2 Å². The molecule has 0 aromatic carbocycles. The van der Waals surface area contributed by atoms with Gasteiger partial charge in [-0.1, -0.05) is 48.0 Å². The fraction of sp³-hybridized carbons (Fsp3) is 0.900. The van der Waals surface area contributed by atoms with Crippen molar-refractivity contribution in [1.29, 1.82) is 0 Å². The number of carbonyl (C=O) groups is 2. The van der Waals surface area contributed by atoms with Crippen molar-refractivity contribution >= 4 is 24.5 Å². The van der Waals surface area contributed by atoms with Gasteiger partial charge in [-0.3, -0.25) is 4.79 Å². The van der Waals surface area contributed by atoms with E-state index < -0.39 is 18.1 Å². The van der Waals surface area contributed by atoms with E-state index in [0.717, 1.165) is 6.42 Å². The van der Waals surface area contributed by atoms with Crippen LogP contribution in [0.3, 0.4) is 0 Å². The molecule has 7 nitrogen and oxygen atoms in total. The number of thiol groups is 1. The minimum atomic E-state index is -1.02. The molecule has 5 N–H and O–H groups in total. The molecule has 0 heterocycles. The van der Waals surface area contributed by atoms with Crippen LogP contribution >= 0.6 is 12.6 Å². The maximum absolute atomic E-state index is 12.7. The van der Waals surface area contributed by atoms with Gasteiger partial charge in [-0.15, -0.1) is 0 Å². The molecule has 0 spiro atoms. The number of nitrogens with one attached hydrogen (secondary N) is 2. The molecule has 0 saturated heterocycles. The predicted molar refractivity (Wildman–Crippen MR) is 117 cm³/mol. The van der Waals surface area contributed by atoms with E-state index >= 15 is 0 Å². The molecule has 0 aliphatic rings. The summed E-state index contributed by atoms with van der Waals surface area (Å²) in [6, 6.07) is -0.906. The van der Waals surface area contributed by atoms with Gasteiger partial charge in [0.2, 0.25) is 5.91 Å². The molecule has 0 saturated carbocycles. The number of rotatable bonds is 15. The zero-order chi connectivity index (χ0) is 21.9. The van der Waals surface area contributed by atoms with Crippen molar-refractivity contribution in [2.24, 2.45) is 23.5 Å². The molecule has 8 heteroatoms. The molecule has 0 aliphatic heterocycles. The molecule has 0 fully saturated rings. The second-order valence-corrected chi connectivity index (χ2v) is 8.73. The number of carboxylic acids is 1. The van der Waals surface area contributed by atoms with E-state index in [4.69, 9.17) is 10.5 Å². The Morgan fingerprint density at radius 1 is 1.18 bits per heavy atom. The van der Waals surface area contributed by atoms with Crippen LogP contribution in [0.15, 0.2) is 0 Å². The Hall–Kier alpha value is -0.830. The highest BCUT2D eigenvalue weighted by atomic mass is 32.1. The number of ether oxygens (including phenoxy) is 1. The smallest absolute Gasteiger partial charge is 0.326 e. The number of nitrogens with two attached hydrogens (primary N) is 1. The van der Waals surface area contributed by atoms with E-state index in [1.54, 1.807) is 0 Å². The van der Waals surface area contributed by atoms with Gasteiger partial charge in [0.1, 0.15) is 12.1 Å². The van der Waals surface area contributed by atoms with Gasteiger partial charge in [0.25, 0.3) is 0 Å². The van der Waals surface area contributed by atoms with Crippen LogP contribution in [-0.4, -0.2) is 60.1 Å². The lowest BCUT2D eigenvalue weighted by atomic mass is 9.99. The van der Waals surface area contributed by atoms with E-state index in [-0.39, 0.29) is 29.8 Å². The first-order valence-electron chi connectivity index (χ1n) is 10.3. The first-order valence-corrected chi connectivity index (χ1v) is 10.9. The highest BCUT2D eigenvalue weighted by molar-refractivity contribution is 7.80. The van der Waals surface area contributed by atoms with E-state index in [1.807, 2.05) is 27.7 Å². The van der Waals surface area contributed by atoms with Crippen molar-refractivity contribution in [3.05, 3.63) is 0 Å². The monoisotopic (exact) mass is 419 g/mol. The predicted octanol–water partition coefficient (Wildman–Crippen LogP) is 1.90. The average molecular weight is 420 g/mol. The quantitative estimate of drug-likeness (QED) is 0.259. The van der Waals surface area contributed by atoms with Gasteiger partial charge in [-0.25, -0.2) is 4.79 Å². The average Bonchev–Trinajstić information content (AvgIpc) is 2.61. The van der Waals surface area contributed by atoms with Crippen molar-refractivity contribution < 1.29 is 19.4 Å². The van der Waals surface area contributed by atoms with Gasteiger partial charge in [0.05, 0.1) is 6.61 Å². The lowest BCUT2D eigenvalue weighted by molar-refractivity contribution is -0.146. The fourth-order valence-electron chi connectivity index (χ4n) is 2.80. The van der Waals surface area contributed by atoms with Crippen LogP contribution in [0, 0.1) is 17.8 Å². The zero-order valence-corrected chi connectivity index (χ0v) is 19.2. The van der Waals surface area contributed by atoms with Crippen LogP contribution in [-0.2, 0) is 14.3 Å². The first-order chi connectivity index (χ1) is 13.0. The first kappa shape index (κ1) is 27.2. The number of carboxylic acid groups (broad SMARTS) is 1. The summed E-state index contributed by atoms with van der Waals surface area (Å²) in [5.74, 6) is -0.386. The Kier molecular flexibility index (Phi) is 13.8. The SMILES string of the molecule is CCC(C)C(CO[C@H](C(=O)N[C@@H](CC(C)C)C(=O)O)C(C)C)NC[C@@H](N)CS. The molecule has 0 aliphatic carbocycles. The summed E-state index contributed by atoms with van der Waals surface area (Å²) < 4.78 is 5.97. The summed E-state index contributed by atoms with van der Waals surface area (Å²) in [5, 5.41) is 15.4. The molecule has 0 aromatic heterocycles. The maximum Gasteiger partial charge on any atom is 0.326 e. The second kappa shape index (κ2) is 14.2. The highest BCUT2D eigenvalue weighted by Gasteiger charge is 2.29. The molecule has 2 unspecified atom stereocenters. The minimum Gasteiger partial charge on any atom is -0.480 e. The van der Waals surface area contributed by atoms with Crippen molar-refractivity contribution in [3.63, 3.8) is 0 Å². The summed E-state index contributed by atoms with van der Waals surface area (Å²) >= 11 is 4.21. The molecule has 0 rings (SSSR count). The standard InChI is InChI=1S/C20H41N3O4S/c1-7-14(6)17(22-9-15(21)11-28)10-27-18(13(4)5)19(24)23-16(20(25)26)8-12(2)3/h12-18,22,28H,7-11,21H2,1-6H3,(H,23,24)(H,25,26)/t14?,15-,16+,17?,18+/m1/s1. The molecule has 0 radical (unpaired) electrons. The van der Waals surface area contributed by atoms with Crippen LogP contribution in [0.2, 0.25) is 0 Å². The summed E-state index contributed by atoms with van der Waals surface area (Å²) in [4.78, 5) is 24.1. The topological polar surface area (TPSA) is 114 Å². The number of hydrogen-bond acceptors (Lipinski definition) is 6. The molecule has 0 aromatic rings. The van der Waals surface area contributed by atoms with Crippen LogP contribution in [0.5, 0.6) is 0 Å². The number of amides is 1. The Labute approximate surface area is 175 Å². The normalized spacial score (nSPS) is 17.2. The van der Waals surface area contributed by atoms with Gasteiger partial charge in [-0.05, 0) is 24.2 Å². The zero-order valence-electron chi connectivity index (χ0n) is 18.3. The highest BCUT2D eigenvalue weighted by Crippen LogP contribution is 2.14. The summed E-state index contributed by atoms with van der Waals surface area (Å²) in [6.45, 7) is 12.8. The van der Waals surface area contributed by atoms with Crippen LogP contribution < -0.4 is 16.4 Å². The summed E-state index contributed by atoms with van der Waals surface area (Å²) in [7, 11) is 0. The lowest BCUT2D eigenvalue weighted by Crippen LogP contribution is -2.50. The molecular formula is C20H41N3O4S. The molecular weight excluding hydrogens is 378 g/mol. The van der Waals surface area contributed by atoms with Gasteiger partial charge in [0.15, 0.2) is 0 Å². The molecule has 1 amide bonds. The van der Waals surface area contributed by atoms with E-state index in [9.17, 15) is 14.7 Å². The molecule has 28 heavy (non-hydrogen) atoms. The molecule has 5 atom stereocenters. The van der Waals surface area contributed by atoms with Crippen molar-refractivity contribution in [2.45, 2.75) is 78.6 Å². The van der Waals surface area contributed by atoms with E-state index in [2.05, 4.69) is 37.1 Å². The Morgan fingerprint density at radius 2 is 1.79 bits per heavy atom. The Bertz CT molecular complexity index is 463. The lowest BCUT2D eigenvalue weighted by Gasteiger charge is -2.29. The van der Waals surface area contributed by atoms with Crippen molar-refractivity contribution in [2.75, 3.05) is 18.9 Å². The van der Waals surface area contributed by atoms with Crippen molar-refractivity contribution in [1.82, 2.24) is 10.6 Å². The Morgan fingerprint density at radius 3 is 2.21 bits per heavy atom. The summed E-state index contributed by atoms with van der Waals surface area (Å²) in [5.41, 5.74) is 5.94. The van der Waals surface area contributed by atoms with Crippen LogP contribution in [0.25, 0.3) is 0 Å². The number of hydrogen-bond donors (Lipinski definition) is 5. The van der Waals surface area contributed by atoms with Crippen LogP contribution in [0.4, 0.5) is 0 Å². The van der Waals surface area contributed by atoms with Gasteiger partial charge < -0.3 is 26.2 Å². The molecule has 166 valence electrons. The summed E-state index contributed by atoms with van der Waals surface area (Å²) in [6.07, 6.45) is 0.635. The minimum absolute atomic E-state index is 0.0496. The third-order valence-electron chi connectivity index (χ3n) is 4.85.